The van der Waals surface area contributed by atoms with Crippen molar-refractivity contribution in [3.05, 3.63) is 94.5 Å². The molecule has 0 aliphatic rings. The van der Waals surface area contributed by atoms with Gasteiger partial charge in [0, 0.05) is 0 Å². The fourth-order valence-electron chi connectivity index (χ4n) is 3.31. The van der Waals surface area contributed by atoms with Crippen molar-refractivity contribution in [2.75, 3.05) is 0 Å². The molecule has 3 aromatic rings. The van der Waals surface area contributed by atoms with E-state index in [0.29, 0.717) is 0 Å². The molecule has 2 nitrogen and oxygen atoms in total. The molecule has 0 bridgehead atoms. The molecule has 0 amide bonds. The van der Waals surface area contributed by atoms with Crippen molar-refractivity contribution in [1.29, 1.82) is 0 Å². The second-order valence-corrected chi connectivity index (χ2v) is 11.9. The van der Waals surface area contributed by atoms with E-state index in [0.717, 1.165) is 18.4 Å². The zero-order valence-electron chi connectivity index (χ0n) is 18.7. The molecule has 0 N–H and O–H groups in total. The summed E-state index contributed by atoms with van der Waals surface area (Å²) in [6.45, 7) is 9.54. The zero-order chi connectivity index (χ0) is 21.9. The van der Waals surface area contributed by atoms with Gasteiger partial charge in [-0.05, 0) is 86.4 Å². The van der Waals surface area contributed by atoms with Crippen LogP contribution < -0.4 is 0 Å². The van der Waals surface area contributed by atoms with Gasteiger partial charge in [0.15, 0.2) is 9.84 Å². The first-order chi connectivity index (χ1) is 14.0. The summed E-state index contributed by atoms with van der Waals surface area (Å²) in [5, 5.41) is 0. The fraction of sp³-hybridized carbons (Fsp3) is 0.333. The van der Waals surface area contributed by atoms with Crippen molar-refractivity contribution in [1.82, 2.24) is 0 Å². The topological polar surface area (TPSA) is 34.1 Å². The maximum Gasteiger partial charge on any atom is 0.159 e. The van der Waals surface area contributed by atoms with Gasteiger partial charge in [0.25, 0.3) is 0 Å². The lowest BCUT2D eigenvalue weighted by Gasteiger charge is -2.19. The Morgan fingerprint density at radius 3 is 1.60 bits per heavy atom. The van der Waals surface area contributed by atoms with E-state index in [4.69, 9.17) is 0 Å². The lowest BCUT2D eigenvalue weighted by molar-refractivity contribution is 0.559. The molecule has 0 aromatic heterocycles. The summed E-state index contributed by atoms with van der Waals surface area (Å²) in [7, 11) is -3.15. The highest BCUT2D eigenvalue weighted by molar-refractivity contribution is 7.91. The summed E-state index contributed by atoms with van der Waals surface area (Å²) in [6, 6.07) is 23.4. The third kappa shape index (κ3) is 5.40. The number of hydrogen-bond acceptors (Lipinski definition) is 2. The van der Waals surface area contributed by atoms with Gasteiger partial charge in [-0.15, -0.1) is 0 Å². The molecule has 0 fully saturated rings. The van der Waals surface area contributed by atoms with Gasteiger partial charge in [0.1, 0.15) is 0 Å². The van der Waals surface area contributed by atoms with Crippen molar-refractivity contribution in [2.24, 2.45) is 0 Å². The highest BCUT2D eigenvalue weighted by atomic mass is 32.2. The molecule has 3 aromatic carbocycles. The number of hydrogen-bond donors (Lipinski definition) is 0. The minimum atomic E-state index is -3.15. The average molecular weight is 421 g/mol. The molecule has 0 spiro atoms. The van der Waals surface area contributed by atoms with E-state index in [1.165, 1.54) is 33.4 Å². The van der Waals surface area contributed by atoms with Gasteiger partial charge < -0.3 is 0 Å². The quantitative estimate of drug-likeness (QED) is 0.458. The Labute approximate surface area is 181 Å². The van der Waals surface area contributed by atoms with Crippen LogP contribution in [0.25, 0.3) is 11.1 Å². The Balaban J connectivity index is 1.61. The van der Waals surface area contributed by atoms with Gasteiger partial charge in [-0.3, -0.25) is 0 Å². The number of aryl methyl sites for hydroxylation is 4. The van der Waals surface area contributed by atoms with Crippen LogP contribution in [-0.2, 0) is 28.4 Å². The summed E-state index contributed by atoms with van der Waals surface area (Å²) >= 11 is 0. The van der Waals surface area contributed by atoms with Gasteiger partial charge in [-0.1, -0.05) is 66.7 Å². The Hall–Kier alpha value is -2.39. The highest BCUT2D eigenvalue weighted by Crippen LogP contribution is 2.24. The molecule has 0 saturated heterocycles. The Kier molecular flexibility index (Phi) is 6.52. The third-order valence-corrected chi connectivity index (χ3v) is 8.39. The molecule has 0 saturated carbocycles. The second-order valence-electron chi connectivity index (χ2n) is 9.18. The molecule has 0 heterocycles. The molecule has 0 radical (unpaired) electrons. The van der Waals surface area contributed by atoms with Gasteiger partial charge in [0.05, 0.1) is 10.5 Å². The van der Waals surface area contributed by atoms with Crippen LogP contribution in [0, 0.1) is 13.8 Å². The van der Waals surface area contributed by atoms with Crippen LogP contribution in [0.1, 0.15) is 48.6 Å². The monoisotopic (exact) mass is 420 g/mol. The summed E-state index contributed by atoms with van der Waals surface area (Å²) in [6.07, 6.45) is 1.90. The average Bonchev–Trinajstić information content (AvgIpc) is 2.69. The number of benzene rings is 3. The largest absolute Gasteiger partial charge is 0.228 e. The normalized spacial score (nSPS) is 12.2. The predicted octanol–water partition coefficient (Wildman–Crippen LogP) is 6.47. The minimum absolute atomic E-state index is 0.0940. The summed E-state index contributed by atoms with van der Waals surface area (Å²) in [4.78, 5) is 0. The molecule has 158 valence electrons. The predicted molar refractivity (Wildman–Crippen MR) is 128 cm³/mol. The van der Waals surface area contributed by atoms with Crippen molar-refractivity contribution < 1.29 is 8.42 Å². The maximum absolute atomic E-state index is 12.4. The number of sulfone groups is 1. The first-order valence-corrected chi connectivity index (χ1v) is 12.2. The van der Waals surface area contributed by atoms with Crippen LogP contribution in [0.2, 0.25) is 0 Å². The molecule has 0 aliphatic carbocycles. The summed E-state index contributed by atoms with van der Waals surface area (Å²) in [5.74, 6) is 0.0940. The Morgan fingerprint density at radius 1 is 0.633 bits per heavy atom. The van der Waals surface area contributed by atoms with E-state index >= 15 is 0 Å². The Morgan fingerprint density at radius 2 is 1.10 bits per heavy atom. The number of rotatable bonds is 6. The van der Waals surface area contributed by atoms with Crippen molar-refractivity contribution >= 4 is 9.84 Å². The van der Waals surface area contributed by atoms with Crippen LogP contribution in [0.4, 0.5) is 0 Å². The van der Waals surface area contributed by atoms with Crippen molar-refractivity contribution in [3.63, 3.8) is 0 Å². The van der Waals surface area contributed by atoms with Gasteiger partial charge in [0.2, 0.25) is 0 Å². The summed E-state index contributed by atoms with van der Waals surface area (Å²) < 4.78 is 24.0. The van der Waals surface area contributed by atoms with E-state index in [1.54, 1.807) is 20.8 Å². The molecule has 3 rings (SSSR count). The highest BCUT2D eigenvalue weighted by Gasteiger charge is 2.28. The van der Waals surface area contributed by atoms with Crippen LogP contribution in [-0.4, -0.2) is 13.2 Å². The van der Waals surface area contributed by atoms with E-state index in [-0.39, 0.29) is 5.75 Å². The Bertz CT molecular complexity index is 1100. The van der Waals surface area contributed by atoms with Crippen LogP contribution in [0.5, 0.6) is 0 Å². The standard InChI is InChI=1S/C27H32O2S/c1-20-6-15-26(18-21(20)2)25-16-13-23(14-17-25)8-7-22-9-11-24(12-10-22)19-30(28,29)27(3,4)5/h6,9-18H,7-8,19H2,1-5H3. The molecule has 0 atom stereocenters. The SMILES string of the molecule is Cc1ccc(-c2ccc(CCc3ccc(CS(=O)(=O)C(C)(C)C)cc3)cc2)cc1C. The van der Waals surface area contributed by atoms with E-state index < -0.39 is 14.6 Å². The van der Waals surface area contributed by atoms with Gasteiger partial charge in [-0.25, -0.2) is 8.42 Å². The minimum Gasteiger partial charge on any atom is -0.228 e. The van der Waals surface area contributed by atoms with E-state index in [1.807, 2.05) is 12.1 Å². The fourth-order valence-corrected chi connectivity index (χ4v) is 4.38. The lowest BCUT2D eigenvalue weighted by atomic mass is 9.98. The zero-order valence-corrected chi connectivity index (χ0v) is 19.5. The van der Waals surface area contributed by atoms with Crippen LogP contribution >= 0.6 is 0 Å². The van der Waals surface area contributed by atoms with Gasteiger partial charge in [-0.2, -0.15) is 0 Å². The second kappa shape index (κ2) is 8.77. The van der Waals surface area contributed by atoms with Crippen molar-refractivity contribution in [2.45, 2.75) is 58.0 Å². The lowest BCUT2D eigenvalue weighted by Crippen LogP contribution is -2.29. The van der Waals surface area contributed by atoms with Crippen LogP contribution in [0.3, 0.4) is 0 Å². The van der Waals surface area contributed by atoms with E-state index in [9.17, 15) is 8.42 Å². The smallest absolute Gasteiger partial charge is 0.159 e. The first kappa shape index (κ1) is 22.3. The molecular weight excluding hydrogens is 388 g/mol. The third-order valence-electron chi connectivity index (χ3n) is 5.81. The van der Waals surface area contributed by atoms with Crippen molar-refractivity contribution in [3.8, 4) is 11.1 Å². The molecule has 0 aliphatic heterocycles. The molecule has 30 heavy (non-hydrogen) atoms. The molecule has 0 unspecified atom stereocenters. The molecular formula is C27H32O2S. The summed E-state index contributed by atoms with van der Waals surface area (Å²) in [5.41, 5.74) is 8.52. The van der Waals surface area contributed by atoms with Crippen LogP contribution in [0.15, 0.2) is 66.7 Å². The first-order valence-electron chi connectivity index (χ1n) is 10.5. The van der Waals surface area contributed by atoms with Gasteiger partial charge >= 0.3 is 0 Å². The van der Waals surface area contributed by atoms with E-state index in [2.05, 4.69) is 68.4 Å². The molecule has 3 heteroatoms. The maximum atomic E-state index is 12.4.